The van der Waals surface area contributed by atoms with E-state index in [4.69, 9.17) is 4.74 Å². The number of hydrogen-bond donors (Lipinski definition) is 0. The van der Waals surface area contributed by atoms with Gasteiger partial charge in [-0.1, -0.05) is 72.3 Å². The fourth-order valence-corrected chi connectivity index (χ4v) is 6.43. The van der Waals surface area contributed by atoms with Crippen molar-refractivity contribution in [1.82, 2.24) is 4.31 Å². The van der Waals surface area contributed by atoms with Crippen molar-refractivity contribution in [2.75, 3.05) is 6.54 Å². The van der Waals surface area contributed by atoms with Gasteiger partial charge in [0.1, 0.15) is 0 Å². The van der Waals surface area contributed by atoms with Crippen molar-refractivity contribution in [2.45, 2.75) is 42.9 Å². The zero-order chi connectivity index (χ0) is 20.8. The summed E-state index contributed by atoms with van der Waals surface area (Å²) in [6, 6.07) is 25.1. The molecule has 0 bridgehead atoms. The second-order valence-electron chi connectivity index (χ2n) is 8.25. The predicted molar refractivity (Wildman–Crippen MR) is 116 cm³/mol. The molecule has 1 saturated heterocycles. The number of sulfonamides is 1. The van der Waals surface area contributed by atoms with E-state index in [2.05, 4.69) is 12.1 Å². The number of fused-ring (bicyclic) bond motifs is 2. The Labute approximate surface area is 178 Å². The minimum atomic E-state index is -3.62. The van der Waals surface area contributed by atoms with Crippen LogP contribution in [0.1, 0.15) is 41.1 Å². The Morgan fingerprint density at radius 3 is 2.40 bits per heavy atom. The van der Waals surface area contributed by atoms with E-state index in [1.54, 1.807) is 16.4 Å². The topological polar surface area (TPSA) is 46.6 Å². The van der Waals surface area contributed by atoms with Crippen LogP contribution in [0.4, 0.5) is 0 Å². The summed E-state index contributed by atoms with van der Waals surface area (Å²) in [5, 5.41) is 0. The molecule has 1 spiro atoms. The molecule has 2 heterocycles. The maximum absolute atomic E-state index is 13.6. The van der Waals surface area contributed by atoms with Crippen LogP contribution in [0.5, 0.6) is 0 Å². The minimum Gasteiger partial charge on any atom is -0.365 e. The summed E-state index contributed by atoms with van der Waals surface area (Å²) in [5.41, 5.74) is 4.02. The van der Waals surface area contributed by atoms with Gasteiger partial charge in [0.15, 0.2) is 0 Å². The Morgan fingerprint density at radius 1 is 0.933 bits per heavy atom. The number of rotatable bonds is 3. The van der Waals surface area contributed by atoms with Crippen molar-refractivity contribution in [3.8, 4) is 0 Å². The van der Waals surface area contributed by atoms with Crippen LogP contribution in [0.25, 0.3) is 0 Å². The van der Waals surface area contributed by atoms with Gasteiger partial charge < -0.3 is 4.74 Å². The molecule has 0 N–H and O–H groups in total. The normalized spacial score (nSPS) is 24.1. The van der Waals surface area contributed by atoms with Crippen LogP contribution in [0.15, 0.2) is 83.8 Å². The first-order valence-corrected chi connectivity index (χ1v) is 11.8. The standard InChI is InChI=1S/C25H25NO3S/c1-19-11-13-22(14-12-19)30(27,28)26-16-15-25(17-24(26)20-7-3-2-4-8-20)23-10-6-5-9-21(23)18-29-25/h2-14,24H,15-18H2,1H3/t24-,25-/m0/s1. The first kappa shape index (κ1) is 19.5. The molecule has 5 heteroatoms. The number of ether oxygens (including phenoxy) is 1. The molecule has 0 aliphatic carbocycles. The van der Waals surface area contributed by atoms with E-state index in [1.807, 2.05) is 61.5 Å². The van der Waals surface area contributed by atoms with Crippen molar-refractivity contribution in [2.24, 2.45) is 0 Å². The minimum absolute atomic E-state index is 0.280. The predicted octanol–water partition coefficient (Wildman–Crippen LogP) is 4.95. The second kappa shape index (κ2) is 7.34. The van der Waals surface area contributed by atoms with Crippen LogP contribution >= 0.6 is 0 Å². The third kappa shape index (κ3) is 3.18. The molecule has 3 aromatic carbocycles. The molecule has 30 heavy (non-hydrogen) atoms. The van der Waals surface area contributed by atoms with Gasteiger partial charge in [-0.15, -0.1) is 0 Å². The molecule has 2 aliphatic heterocycles. The van der Waals surface area contributed by atoms with Crippen molar-refractivity contribution in [3.05, 3.63) is 101 Å². The van der Waals surface area contributed by atoms with E-state index < -0.39 is 15.6 Å². The summed E-state index contributed by atoms with van der Waals surface area (Å²) in [5.74, 6) is 0. The largest absolute Gasteiger partial charge is 0.365 e. The fourth-order valence-electron chi connectivity index (χ4n) is 4.82. The quantitative estimate of drug-likeness (QED) is 0.604. The Hall–Kier alpha value is -2.47. The van der Waals surface area contributed by atoms with Gasteiger partial charge in [-0.05, 0) is 42.2 Å². The van der Waals surface area contributed by atoms with Gasteiger partial charge in [-0.2, -0.15) is 4.31 Å². The van der Waals surface area contributed by atoms with E-state index in [-0.39, 0.29) is 6.04 Å². The molecule has 3 aromatic rings. The van der Waals surface area contributed by atoms with Gasteiger partial charge >= 0.3 is 0 Å². The van der Waals surface area contributed by atoms with Crippen LogP contribution in [0, 0.1) is 6.92 Å². The summed E-state index contributed by atoms with van der Waals surface area (Å²) in [6.45, 7) is 2.97. The van der Waals surface area contributed by atoms with Gasteiger partial charge in [-0.3, -0.25) is 0 Å². The summed E-state index contributed by atoms with van der Waals surface area (Å²) in [6.07, 6.45) is 1.26. The molecule has 0 amide bonds. The Morgan fingerprint density at radius 2 is 1.63 bits per heavy atom. The van der Waals surface area contributed by atoms with Crippen LogP contribution in [-0.2, 0) is 27.0 Å². The fraction of sp³-hybridized carbons (Fsp3) is 0.280. The zero-order valence-corrected chi connectivity index (χ0v) is 17.8. The Bertz CT molecular complexity index is 1160. The van der Waals surface area contributed by atoms with Gasteiger partial charge in [0.2, 0.25) is 10.0 Å². The molecule has 0 radical (unpaired) electrons. The van der Waals surface area contributed by atoms with E-state index in [1.165, 1.54) is 11.1 Å². The number of benzene rings is 3. The summed E-state index contributed by atoms with van der Waals surface area (Å²) in [7, 11) is -3.62. The monoisotopic (exact) mass is 419 g/mol. The highest BCUT2D eigenvalue weighted by Crippen LogP contribution is 2.50. The Kier molecular flexibility index (Phi) is 4.77. The van der Waals surface area contributed by atoms with E-state index >= 15 is 0 Å². The average molecular weight is 420 g/mol. The molecule has 2 atom stereocenters. The highest BCUT2D eigenvalue weighted by molar-refractivity contribution is 7.89. The Balaban J connectivity index is 1.57. The molecule has 0 aromatic heterocycles. The van der Waals surface area contributed by atoms with Gasteiger partial charge in [0, 0.05) is 13.0 Å². The molecular weight excluding hydrogens is 394 g/mol. The van der Waals surface area contributed by atoms with Crippen molar-refractivity contribution >= 4 is 10.0 Å². The van der Waals surface area contributed by atoms with Gasteiger partial charge in [0.25, 0.3) is 0 Å². The third-order valence-electron chi connectivity index (χ3n) is 6.43. The molecule has 2 aliphatic rings. The summed E-state index contributed by atoms with van der Waals surface area (Å²) >= 11 is 0. The number of hydrogen-bond acceptors (Lipinski definition) is 3. The number of piperidine rings is 1. The number of aryl methyl sites for hydroxylation is 1. The zero-order valence-electron chi connectivity index (χ0n) is 17.0. The smallest absolute Gasteiger partial charge is 0.243 e. The molecule has 4 nitrogen and oxygen atoms in total. The SMILES string of the molecule is Cc1ccc(S(=O)(=O)N2CC[C@@]3(C[C@H]2c2ccccc2)OCc2ccccc23)cc1. The van der Waals surface area contributed by atoms with Crippen LogP contribution in [-0.4, -0.2) is 19.3 Å². The highest BCUT2D eigenvalue weighted by Gasteiger charge is 2.49. The van der Waals surface area contributed by atoms with Crippen LogP contribution in [0.3, 0.4) is 0 Å². The summed E-state index contributed by atoms with van der Waals surface area (Å²) < 4.78 is 35.3. The first-order valence-electron chi connectivity index (χ1n) is 10.4. The lowest BCUT2D eigenvalue weighted by Crippen LogP contribution is -2.47. The molecule has 1 fully saturated rings. The molecule has 0 unspecified atom stereocenters. The molecular formula is C25H25NO3S. The second-order valence-corrected chi connectivity index (χ2v) is 10.1. The van der Waals surface area contributed by atoms with Crippen molar-refractivity contribution in [1.29, 1.82) is 0 Å². The number of nitrogens with zero attached hydrogens (tertiary/aromatic N) is 1. The lowest BCUT2D eigenvalue weighted by Gasteiger charge is -2.44. The molecule has 0 saturated carbocycles. The van der Waals surface area contributed by atoms with E-state index in [0.29, 0.717) is 30.9 Å². The van der Waals surface area contributed by atoms with Gasteiger partial charge in [0.05, 0.1) is 23.1 Å². The van der Waals surface area contributed by atoms with Crippen molar-refractivity contribution in [3.63, 3.8) is 0 Å². The van der Waals surface area contributed by atoms with Crippen LogP contribution < -0.4 is 0 Å². The highest BCUT2D eigenvalue weighted by atomic mass is 32.2. The molecule has 154 valence electrons. The first-order chi connectivity index (χ1) is 14.5. The van der Waals surface area contributed by atoms with E-state index in [0.717, 1.165) is 11.1 Å². The van der Waals surface area contributed by atoms with Gasteiger partial charge in [-0.25, -0.2) is 8.42 Å². The maximum atomic E-state index is 13.6. The maximum Gasteiger partial charge on any atom is 0.243 e. The third-order valence-corrected chi connectivity index (χ3v) is 8.35. The summed E-state index contributed by atoms with van der Waals surface area (Å²) in [4.78, 5) is 0.345. The van der Waals surface area contributed by atoms with Crippen molar-refractivity contribution < 1.29 is 13.2 Å². The van der Waals surface area contributed by atoms with E-state index in [9.17, 15) is 8.42 Å². The molecule has 5 rings (SSSR count). The average Bonchev–Trinajstić information content (AvgIpc) is 3.12. The lowest BCUT2D eigenvalue weighted by molar-refractivity contribution is -0.0834. The van der Waals surface area contributed by atoms with Crippen LogP contribution in [0.2, 0.25) is 0 Å². The lowest BCUT2D eigenvalue weighted by atomic mass is 9.79.